The minimum absolute atomic E-state index is 0.743. The van der Waals surface area contributed by atoms with Gasteiger partial charge in [-0.05, 0) is 61.5 Å². The van der Waals surface area contributed by atoms with Gasteiger partial charge in [-0.3, -0.25) is 0 Å². The van der Waals surface area contributed by atoms with Gasteiger partial charge in [-0.2, -0.15) is 0 Å². The summed E-state index contributed by atoms with van der Waals surface area (Å²) in [6, 6.07) is 32.0. The van der Waals surface area contributed by atoms with Gasteiger partial charge in [0.2, 0.25) is 0 Å². The van der Waals surface area contributed by atoms with Crippen molar-refractivity contribution in [3.05, 3.63) is 102 Å². The normalized spacial score (nSPS) is 11.2. The Morgan fingerprint density at radius 1 is 0.643 bits per heavy atom. The highest BCUT2D eigenvalue weighted by Crippen LogP contribution is 2.40. The molecule has 0 radical (unpaired) electrons. The molecule has 5 aromatic rings. The second-order valence-corrected chi connectivity index (χ2v) is 8.45. The summed E-state index contributed by atoms with van der Waals surface area (Å²) in [5.74, 6) is 0. The van der Waals surface area contributed by atoms with Crippen LogP contribution in [0, 0.1) is 6.92 Å². The molecular weight excluding hydrogens is 382 g/mol. The highest BCUT2D eigenvalue weighted by molar-refractivity contribution is 7.25. The number of halogens is 1. The highest BCUT2D eigenvalue weighted by Gasteiger charge is 2.14. The van der Waals surface area contributed by atoms with E-state index in [9.17, 15) is 0 Å². The standard InChI is InChI=1S/C25H18ClNS/c1-17-6-10-19(11-7-17)27(20-12-8-18(26)9-13-20)21-14-15-23-22-4-2-3-5-24(22)28-25(23)16-21/h2-16H,1H3. The Labute approximate surface area is 173 Å². The molecule has 0 saturated carbocycles. The molecule has 1 aromatic heterocycles. The zero-order valence-electron chi connectivity index (χ0n) is 15.4. The SMILES string of the molecule is Cc1ccc(N(c2ccc(Cl)cc2)c2ccc3c(c2)sc2ccccc23)cc1. The Morgan fingerprint density at radius 2 is 1.25 bits per heavy atom. The molecule has 0 fully saturated rings. The number of anilines is 3. The van der Waals surface area contributed by atoms with Crippen LogP contribution in [0.15, 0.2) is 91.0 Å². The zero-order chi connectivity index (χ0) is 19.1. The monoisotopic (exact) mass is 399 g/mol. The van der Waals surface area contributed by atoms with Crippen LogP contribution in [0.1, 0.15) is 5.56 Å². The first kappa shape index (κ1) is 17.3. The van der Waals surface area contributed by atoms with Crippen LogP contribution in [0.25, 0.3) is 20.2 Å². The molecule has 0 aliphatic heterocycles. The molecule has 0 N–H and O–H groups in total. The number of rotatable bonds is 3. The molecule has 3 heteroatoms. The second-order valence-electron chi connectivity index (χ2n) is 6.93. The summed E-state index contributed by atoms with van der Waals surface area (Å²) in [6.45, 7) is 2.11. The summed E-state index contributed by atoms with van der Waals surface area (Å²) >= 11 is 7.98. The number of hydrogen-bond donors (Lipinski definition) is 0. The van der Waals surface area contributed by atoms with Crippen molar-refractivity contribution < 1.29 is 0 Å². The van der Waals surface area contributed by atoms with Crippen LogP contribution in [0.4, 0.5) is 17.1 Å². The van der Waals surface area contributed by atoms with Gasteiger partial charge < -0.3 is 4.90 Å². The van der Waals surface area contributed by atoms with Crippen molar-refractivity contribution in [2.75, 3.05) is 4.90 Å². The van der Waals surface area contributed by atoms with E-state index in [1.807, 2.05) is 23.5 Å². The van der Waals surface area contributed by atoms with Crippen molar-refractivity contribution >= 4 is 60.2 Å². The largest absolute Gasteiger partial charge is 0.310 e. The zero-order valence-corrected chi connectivity index (χ0v) is 17.0. The van der Waals surface area contributed by atoms with Crippen molar-refractivity contribution in [3.8, 4) is 0 Å². The Kier molecular flexibility index (Phi) is 4.31. The fourth-order valence-corrected chi connectivity index (χ4v) is 4.85. The van der Waals surface area contributed by atoms with Gasteiger partial charge in [0, 0.05) is 42.3 Å². The lowest BCUT2D eigenvalue weighted by Gasteiger charge is -2.25. The molecule has 0 aliphatic rings. The first-order valence-corrected chi connectivity index (χ1v) is 10.4. The maximum absolute atomic E-state index is 6.14. The summed E-state index contributed by atoms with van der Waals surface area (Å²) in [6.07, 6.45) is 0. The van der Waals surface area contributed by atoms with E-state index in [2.05, 4.69) is 90.7 Å². The Balaban J connectivity index is 1.70. The van der Waals surface area contributed by atoms with Crippen LogP contribution in [-0.4, -0.2) is 0 Å². The van der Waals surface area contributed by atoms with Crippen LogP contribution in [0.3, 0.4) is 0 Å². The second kappa shape index (κ2) is 6.97. The van der Waals surface area contributed by atoms with E-state index in [-0.39, 0.29) is 0 Å². The van der Waals surface area contributed by atoms with Crippen molar-refractivity contribution in [2.24, 2.45) is 0 Å². The van der Waals surface area contributed by atoms with Crippen LogP contribution >= 0.6 is 22.9 Å². The molecule has 0 atom stereocenters. The van der Waals surface area contributed by atoms with Crippen LogP contribution in [0.5, 0.6) is 0 Å². The lowest BCUT2D eigenvalue weighted by Crippen LogP contribution is -2.09. The molecule has 5 rings (SSSR count). The fraction of sp³-hybridized carbons (Fsp3) is 0.0400. The molecule has 1 nitrogen and oxygen atoms in total. The van der Waals surface area contributed by atoms with E-state index < -0.39 is 0 Å². The quantitative estimate of drug-likeness (QED) is 0.294. The van der Waals surface area contributed by atoms with E-state index in [1.165, 1.54) is 25.7 Å². The van der Waals surface area contributed by atoms with Crippen molar-refractivity contribution in [3.63, 3.8) is 0 Å². The molecule has 0 spiro atoms. The van der Waals surface area contributed by atoms with Gasteiger partial charge in [0.15, 0.2) is 0 Å². The van der Waals surface area contributed by atoms with Gasteiger partial charge in [0.05, 0.1) is 0 Å². The average Bonchev–Trinajstić information content (AvgIpc) is 3.09. The summed E-state index contributed by atoms with van der Waals surface area (Å²) in [4.78, 5) is 2.28. The number of thiophene rings is 1. The fourth-order valence-electron chi connectivity index (χ4n) is 3.58. The van der Waals surface area contributed by atoms with Crippen LogP contribution < -0.4 is 4.90 Å². The number of fused-ring (bicyclic) bond motifs is 3. The number of aryl methyl sites for hydroxylation is 1. The Morgan fingerprint density at radius 3 is 2.00 bits per heavy atom. The Hall–Kier alpha value is -2.81. The molecule has 0 aliphatic carbocycles. The predicted molar refractivity (Wildman–Crippen MR) is 124 cm³/mol. The summed E-state index contributed by atoms with van der Waals surface area (Å²) < 4.78 is 2.62. The third-order valence-corrected chi connectivity index (χ3v) is 6.38. The minimum atomic E-state index is 0.743. The van der Waals surface area contributed by atoms with Crippen molar-refractivity contribution in [1.82, 2.24) is 0 Å². The van der Waals surface area contributed by atoms with E-state index >= 15 is 0 Å². The van der Waals surface area contributed by atoms with E-state index in [4.69, 9.17) is 11.6 Å². The first-order chi connectivity index (χ1) is 13.7. The lowest BCUT2D eigenvalue weighted by atomic mass is 10.1. The number of hydrogen-bond acceptors (Lipinski definition) is 2. The van der Waals surface area contributed by atoms with Gasteiger partial charge in [-0.25, -0.2) is 0 Å². The van der Waals surface area contributed by atoms with Crippen LogP contribution in [0.2, 0.25) is 5.02 Å². The minimum Gasteiger partial charge on any atom is -0.310 e. The number of nitrogens with zero attached hydrogens (tertiary/aromatic N) is 1. The van der Waals surface area contributed by atoms with Crippen molar-refractivity contribution in [2.45, 2.75) is 6.92 Å². The van der Waals surface area contributed by atoms with Gasteiger partial charge in [0.1, 0.15) is 0 Å². The van der Waals surface area contributed by atoms with Gasteiger partial charge in [-0.15, -0.1) is 11.3 Å². The molecular formula is C25H18ClNS. The van der Waals surface area contributed by atoms with E-state index in [0.29, 0.717) is 0 Å². The Bertz CT molecular complexity index is 1220. The van der Waals surface area contributed by atoms with Gasteiger partial charge >= 0.3 is 0 Å². The summed E-state index contributed by atoms with van der Waals surface area (Å²) in [5.41, 5.74) is 4.62. The molecule has 1 heterocycles. The maximum atomic E-state index is 6.14. The third-order valence-electron chi connectivity index (χ3n) is 5.00. The summed E-state index contributed by atoms with van der Waals surface area (Å²) in [5, 5.41) is 3.37. The number of benzene rings is 4. The van der Waals surface area contributed by atoms with Gasteiger partial charge in [0.25, 0.3) is 0 Å². The molecule has 4 aromatic carbocycles. The van der Waals surface area contributed by atoms with Crippen LogP contribution in [-0.2, 0) is 0 Å². The third kappa shape index (κ3) is 3.05. The molecule has 0 amide bonds. The maximum Gasteiger partial charge on any atom is 0.0476 e. The smallest absolute Gasteiger partial charge is 0.0476 e. The predicted octanol–water partition coefficient (Wildman–Crippen LogP) is 8.49. The highest BCUT2D eigenvalue weighted by atomic mass is 35.5. The average molecular weight is 400 g/mol. The lowest BCUT2D eigenvalue weighted by molar-refractivity contribution is 1.28. The topological polar surface area (TPSA) is 3.24 Å². The molecule has 28 heavy (non-hydrogen) atoms. The molecule has 0 unspecified atom stereocenters. The molecule has 0 saturated heterocycles. The van der Waals surface area contributed by atoms with E-state index in [0.717, 1.165) is 22.1 Å². The van der Waals surface area contributed by atoms with Gasteiger partial charge in [-0.1, -0.05) is 53.6 Å². The van der Waals surface area contributed by atoms with E-state index in [1.54, 1.807) is 0 Å². The first-order valence-electron chi connectivity index (χ1n) is 9.23. The summed E-state index contributed by atoms with van der Waals surface area (Å²) in [7, 11) is 0. The van der Waals surface area contributed by atoms with Crippen molar-refractivity contribution in [1.29, 1.82) is 0 Å². The molecule has 136 valence electrons. The molecule has 0 bridgehead atoms.